The highest BCUT2D eigenvalue weighted by Crippen LogP contribution is 2.27. The molecule has 0 aromatic carbocycles. The van der Waals surface area contributed by atoms with Crippen molar-refractivity contribution in [2.45, 2.75) is 25.8 Å². The number of nitrogens with one attached hydrogen (secondary N) is 2. The molecule has 1 aromatic heterocycles. The fourth-order valence-corrected chi connectivity index (χ4v) is 3.66. The molecule has 0 saturated carbocycles. The number of hydrogen-bond donors (Lipinski definition) is 2. The molecule has 2 heterocycles. The Kier molecular flexibility index (Phi) is 4.00. The molecule has 88 valence electrons. The predicted molar refractivity (Wildman–Crippen MR) is 70.1 cm³/mol. The maximum Gasteiger partial charge on any atom is 0.253 e. The minimum absolute atomic E-state index is 0.0323. The van der Waals surface area contributed by atoms with Gasteiger partial charge in [0, 0.05) is 17.5 Å². The standard InChI is InChI=1S/C11H15BrN2OS/c1-7-5-9(10(12)16-7)11(15)14-8-3-2-4-13-6-8/h5,8,13H,2-4,6H2,1H3,(H,14,15)/t8-/m0/s1. The summed E-state index contributed by atoms with van der Waals surface area (Å²) in [4.78, 5) is 13.1. The van der Waals surface area contributed by atoms with Crippen molar-refractivity contribution in [3.05, 3.63) is 20.3 Å². The maximum atomic E-state index is 12.0. The van der Waals surface area contributed by atoms with E-state index in [9.17, 15) is 4.79 Å². The third-order valence-electron chi connectivity index (χ3n) is 2.69. The molecule has 0 radical (unpaired) electrons. The van der Waals surface area contributed by atoms with Crippen LogP contribution in [0.1, 0.15) is 28.1 Å². The van der Waals surface area contributed by atoms with Crippen LogP contribution in [-0.4, -0.2) is 25.0 Å². The highest BCUT2D eigenvalue weighted by molar-refractivity contribution is 9.11. The van der Waals surface area contributed by atoms with E-state index in [1.54, 1.807) is 11.3 Å². The Morgan fingerprint density at radius 3 is 3.06 bits per heavy atom. The van der Waals surface area contributed by atoms with Crippen molar-refractivity contribution in [2.24, 2.45) is 0 Å². The third-order valence-corrected chi connectivity index (χ3v) is 4.44. The lowest BCUT2D eigenvalue weighted by molar-refractivity contribution is 0.0930. The van der Waals surface area contributed by atoms with E-state index in [0.29, 0.717) is 0 Å². The van der Waals surface area contributed by atoms with Gasteiger partial charge in [0.05, 0.1) is 9.35 Å². The van der Waals surface area contributed by atoms with Crippen molar-refractivity contribution in [1.29, 1.82) is 0 Å². The van der Waals surface area contributed by atoms with Crippen molar-refractivity contribution in [2.75, 3.05) is 13.1 Å². The summed E-state index contributed by atoms with van der Waals surface area (Å²) in [7, 11) is 0. The molecule has 1 aliphatic heterocycles. The quantitative estimate of drug-likeness (QED) is 0.880. The van der Waals surface area contributed by atoms with Crippen LogP contribution in [0.2, 0.25) is 0 Å². The molecule has 0 bridgehead atoms. The third kappa shape index (κ3) is 2.84. The first-order valence-electron chi connectivity index (χ1n) is 5.44. The minimum Gasteiger partial charge on any atom is -0.348 e. The number of hydrogen-bond acceptors (Lipinski definition) is 3. The van der Waals surface area contributed by atoms with Crippen LogP contribution in [0.3, 0.4) is 0 Å². The maximum absolute atomic E-state index is 12.0. The first-order chi connectivity index (χ1) is 7.66. The molecular formula is C11H15BrN2OS. The first-order valence-corrected chi connectivity index (χ1v) is 7.05. The smallest absolute Gasteiger partial charge is 0.253 e. The molecular weight excluding hydrogens is 288 g/mol. The van der Waals surface area contributed by atoms with Crippen LogP contribution in [0.15, 0.2) is 9.85 Å². The van der Waals surface area contributed by atoms with Gasteiger partial charge in [-0.3, -0.25) is 4.79 Å². The Balaban J connectivity index is 1.99. The van der Waals surface area contributed by atoms with E-state index >= 15 is 0 Å². The molecule has 1 saturated heterocycles. The van der Waals surface area contributed by atoms with E-state index in [4.69, 9.17) is 0 Å². The van der Waals surface area contributed by atoms with Crippen molar-refractivity contribution in [3.8, 4) is 0 Å². The van der Waals surface area contributed by atoms with Crippen LogP contribution in [0.4, 0.5) is 0 Å². The van der Waals surface area contributed by atoms with Crippen LogP contribution >= 0.6 is 27.3 Å². The number of thiophene rings is 1. The topological polar surface area (TPSA) is 41.1 Å². The van der Waals surface area contributed by atoms with Crippen LogP contribution in [0.25, 0.3) is 0 Å². The fraction of sp³-hybridized carbons (Fsp3) is 0.545. The normalized spacial score (nSPS) is 20.8. The van der Waals surface area contributed by atoms with Gasteiger partial charge < -0.3 is 10.6 Å². The molecule has 2 N–H and O–H groups in total. The monoisotopic (exact) mass is 302 g/mol. The van der Waals surface area contributed by atoms with Crippen molar-refractivity contribution < 1.29 is 4.79 Å². The molecule has 0 aliphatic carbocycles. The number of carbonyl (C=O) groups excluding carboxylic acids is 1. The van der Waals surface area contributed by atoms with Gasteiger partial charge in [0.2, 0.25) is 0 Å². The van der Waals surface area contributed by atoms with E-state index in [1.165, 1.54) is 0 Å². The summed E-state index contributed by atoms with van der Waals surface area (Å²) in [5, 5.41) is 6.35. The summed E-state index contributed by atoms with van der Waals surface area (Å²) in [5.41, 5.74) is 0.757. The Labute approximate surface area is 108 Å². The zero-order chi connectivity index (χ0) is 11.5. The van der Waals surface area contributed by atoms with Crippen molar-refractivity contribution in [3.63, 3.8) is 0 Å². The Bertz CT molecular complexity index is 385. The van der Waals surface area contributed by atoms with Crippen LogP contribution in [0.5, 0.6) is 0 Å². The lowest BCUT2D eigenvalue weighted by atomic mass is 10.1. The van der Waals surface area contributed by atoms with Crippen LogP contribution in [-0.2, 0) is 0 Å². The second kappa shape index (κ2) is 5.29. The molecule has 0 unspecified atom stereocenters. The summed E-state index contributed by atoms with van der Waals surface area (Å²) in [5.74, 6) is 0.0323. The summed E-state index contributed by atoms with van der Waals surface area (Å²) in [6.07, 6.45) is 2.20. The predicted octanol–water partition coefficient (Wildman–Crippen LogP) is 2.30. The van der Waals surface area contributed by atoms with E-state index in [0.717, 1.165) is 40.2 Å². The molecule has 1 atom stereocenters. The molecule has 0 spiro atoms. The van der Waals surface area contributed by atoms with E-state index in [-0.39, 0.29) is 11.9 Å². The molecule has 5 heteroatoms. The van der Waals surface area contributed by atoms with Gasteiger partial charge in [0.15, 0.2) is 0 Å². The van der Waals surface area contributed by atoms with Gasteiger partial charge in [-0.2, -0.15) is 0 Å². The molecule has 2 rings (SSSR count). The first kappa shape index (κ1) is 12.1. The largest absolute Gasteiger partial charge is 0.348 e. The Morgan fingerprint density at radius 2 is 2.50 bits per heavy atom. The second-order valence-electron chi connectivity index (χ2n) is 4.06. The molecule has 1 fully saturated rings. The van der Waals surface area contributed by atoms with Gasteiger partial charge in [-0.15, -0.1) is 11.3 Å². The number of piperidine rings is 1. The van der Waals surface area contributed by atoms with Gasteiger partial charge >= 0.3 is 0 Å². The van der Waals surface area contributed by atoms with E-state index < -0.39 is 0 Å². The molecule has 1 aliphatic rings. The highest BCUT2D eigenvalue weighted by Gasteiger charge is 2.18. The average molecular weight is 303 g/mol. The average Bonchev–Trinajstić information content (AvgIpc) is 2.59. The minimum atomic E-state index is 0.0323. The number of amides is 1. The van der Waals surface area contributed by atoms with Gasteiger partial charge in [-0.25, -0.2) is 0 Å². The Morgan fingerprint density at radius 1 is 1.69 bits per heavy atom. The van der Waals surface area contributed by atoms with Gasteiger partial charge in [-0.1, -0.05) is 0 Å². The number of aryl methyl sites for hydroxylation is 1. The lowest BCUT2D eigenvalue weighted by Crippen LogP contribution is -2.45. The second-order valence-corrected chi connectivity index (χ2v) is 6.64. The zero-order valence-corrected chi connectivity index (χ0v) is 11.6. The molecule has 16 heavy (non-hydrogen) atoms. The number of halogens is 1. The Hall–Kier alpha value is -0.390. The van der Waals surface area contributed by atoms with E-state index in [1.807, 2.05) is 13.0 Å². The van der Waals surface area contributed by atoms with Crippen molar-refractivity contribution >= 4 is 33.2 Å². The summed E-state index contributed by atoms with van der Waals surface area (Å²) < 4.78 is 0.922. The van der Waals surface area contributed by atoms with Gasteiger partial charge in [0.1, 0.15) is 0 Å². The summed E-state index contributed by atoms with van der Waals surface area (Å²) in [6.45, 7) is 3.95. The molecule has 3 nitrogen and oxygen atoms in total. The zero-order valence-electron chi connectivity index (χ0n) is 9.18. The number of carbonyl (C=O) groups is 1. The summed E-state index contributed by atoms with van der Waals surface area (Å²) in [6, 6.07) is 2.20. The SMILES string of the molecule is Cc1cc(C(=O)N[C@H]2CCCNC2)c(Br)s1. The highest BCUT2D eigenvalue weighted by atomic mass is 79.9. The fourth-order valence-electron chi connectivity index (χ4n) is 1.88. The van der Waals surface area contributed by atoms with Crippen LogP contribution in [0, 0.1) is 6.92 Å². The number of rotatable bonds is 2. The van der Waals surface area contributed by atoms with Gasteiger partial charge in [-0.05, 0) is 48.3 Å². The lowest BCUT2D eigenvalue weighted by Gasteiger charge is -2.23. The van der Waals surface area contributed by atoms with Gasteiger partial charge in [0.25, 0.3) is 5.91 Å². The van der Waals surface area contributed by atoms with E-state index in [2.05, 4.69) is 26.6 Å². The van der Waals surface area contributed by atoms with Crippen molar-refractivity contribution in [1.82, 2.24) is 10.6 Å². The summed E-state index contributed by atoms with van der Waals surface area (Å²) >= 11 is 5.02. The van der Waals surface area contributed by atoms with Crippen LogP contribution < -0.4 is 10.6 Å². The molecule has 1 amide bonds. The molecule has 1 aromatic rings.